The summed E-state index contributed by atoms with van der Waals surface area (Å²) >= 11 is 0. The SMILES string of the molecule is O=C(CNC1CCCC1)Nc1ccc(-n2cncn2)cc1. The Bertz CT molecular complexity index is 573. The molecule has 0 radical (unpaired) electrons. The second kappa shape index (κ2) is 6.49. The van der Waals surface area contributed by atoms with Crippen LogP contribution in [0.2, 0.25) is 0 Å². The number of nitrogens with one attached hydrogen (secondary N) is 2. The van der Waals surface area contributed by atoms with Crippen LogP contribution in [0.25, 0.3) is 5.69 Å². The number of rotatable bonds is 5. The first-order valence-corrected chi connectivity index (χ1v) is 7.29. The fourth-order valence-corrected chi connectivity index (χ4v) is 2.61. The van der Waals surface area contributed by atoms with E-state index in [-0.39, 0.29) is 5.91 Å². The number of amides is 1. The van der Waals surface area contributed by atoms with Crippen LogP contribution in [0.15, 0.2) is 36.9 Å². The molecule has 21 heavy (non-hydrogen) atoms. The number of carbonyl (C=O) groups excluding carboxylic acids is 1. The van der Waals surface area contributed by atoms with Crippen LogP contribution in [0.4, 0.5) is 5.69 Å². The number of carbonyl (C=O) groups is 1. The molecule has 0 saturated heterocycles. The summed E-state index contributed by atoms with van der Waals surface area (Å²) in [5, 5.41) is 10.3. The number of anilines is 1. The van der Waals surface area contributed by atoms with E-state index >= 15 is 0 Å². The molecule has 1 amide bonds. The molecule has 1 fully saturated rings. The minimum absolute atomic E-state index is 0.00425. The normalized spacial score (nSPS) is 15.2. The van der Waals surface area contributed by atoms with Crippen molar-refractivity contribution in [2.75, 3.05) is 11.9 Å². The summed E-state index contributed by atoms with van der Waals surface area (Å²) in [5.41, 5.74) is 1.70. The molecule has 1 aromatic carbocycles. The zero-order valence-electron chi connectivity index (χ0n) is 11.8. The first kappa shape index (κ1) is 13.8. The van der Waals surface area contributed by atoms with Gasteiger partial charge in [0.15, 0.2) is 0 Å². The molecule has 1 aromatic heterocycles. The van der Waals surface area contributed by atoms with E-state index in [1.807, 2.05) is 24.3 Å². The summed E-state index contributed by atoms with van der Waals surface area (Å²) in [4.78, 5) is 15.8. The summed E-state index contributed by atoms with van der Waals surface area (Å²) in [6, 6.07) is 8.03. The zero-order chi connectivity index (χ0) is 14.5. The van der Waals surface area contributed by atoms with Crippen LogP contribution in [-0.2, 0) is 4.79 Å². The number of nitrogens with zero attached hydrogens (tertiary/aromatic N) is 3. The molecular formula is C15H19N5O. The van der Waals surface area contributed by atoms with E-state index in [0.29, 0.717) is 12.6 Å². The average Bonchev–Trinajstić information content (AvgIpc) is 3.19. The van der Waals surface area contributed by atoms with Crippen molar-refractivity contribution in [3.05, 3.63) is 36.9 Å². The van der Waals surface area contributed by atoms with Gasteiger partial charge in [0.2, 0.25) is 5.91 Å². The number of hydrogen-bond donors (Lipinski definition) is 2. The molecule has 2 aromatic rings. The Labute approximate surface area is 123 Å². The van der Waals surface area contributed by atoms with Gasteiger partial charge in [0, 0.05) is 11.7 Å². The smallest absolute Gasteiger partial charge is 0.238 e. The Morgan fingerprint density at radius 3 is 2.67 bits per heavy atom. The van der Waals surface area contributed by atoms with E-state index in [0.717, 1.165) is 11.4 Å². The first-order chi connectivity index (χ1) is 10.3. The Hall–Kier alpha value is -2.21. The predicted octanol–water partition coefficient (Wildman–Crippen LogP) is 1.74. The van der Waals surface area contributed by atoms with E-state index in [1.165, 1.54) is 32.0 Å². The quantitative estimate of drug-likeness (QED) is 0.877. The highest BCUT2D eigenvalue weighted by atomic mass is 16.1. The average molecular weight is 285 g/mol. The van der Waals surface area contributed by atoms with Crippen LogP contribution < -0.4 is 10.6 Å². The lowest BCUT2D eigenvalue weighted by Gasteiger charge is -2.12. The highest BCUT2D eigenvalue weighted by Crippen LogP contribution is 2.17. The molecule has 1 heterocycles. The third kappa shape index (κ3) is 3.66. The predicted molar refractivity (Wildman–Crippen MR) is 80.2 cm³/mol. The van der Waals surface area contributed by atoms with Crippen LogP contribution in [0.3, 0.4) is 0 Å². The summed E-state index contributed by atoms with van der Waals surface area (Å²) in [5.74, 6) is -0.00425. The Kier molecular flexibility index (Phi) is 4.25. The third-order valence-corrected chi connectivity index (χ3v) is 3.74. The molecule has 0 unspecified atom stereocenters. The van der Waals surface area contributed by atoms with Crippen molar-refractivity contribution < 1.29 is 4.79 Å². The zero-order valence-corrected chi connectivity index (χ0v) is 11.8. The van der Waals surface area contributed by atoms with E-state index < -0.39 is 0 Å². The lowest BCUT2D eigenvalue weighted by atomic mass is 10.2. The molecule has 0 aliphatic heterocycles. The van der Waals surface area contributed by atoms with Gasteiger partial charge in [-0.1, -0.05) is 12.8 Å². The summed E-state index contributed by atoms with van der Waals surface area (Å²) < 4.78 is 1.67. The third-order valence-electron chi connectivity index (χ3n) is 3.74. The highest BCUT2D eigenvalue weighted by molar-refractivity contribution is 5.92. The Morgan fingerprint density at radius 1 is 1.24 bits per heavy atom. The summed E-state index contributed by atoms with van der Waals surface area (Å²) in [6.07, 6.45) is 8.02. The van der Waals surface area contributed by atoms with Crippen LogP contribution >= 0.6 is 0 Å². The topological polar surface area (TPSA) is 71.8 Å². The van der Waals surface area contributed by atoms with Gasteiger partial charge < -0.3 is 10.6 Å². The Balaban J connectivity index is 1.51. The van der Waals surface area contributed by atoms with Gasteiger partial charge >= 0.3 is 0 Å². The lowest BCUT2D eigenvalue weighted by molar-refractivity contribution is -0.115. The van der Waals surface area contributed by atoms with Crippen LogP contribution in [0.5, 0.6) is 0 Å². The van der Waals surface area contributed by atoms with Gasteiger partial charge in [-0.25, -0.2) is 9.67 Å². The van der Waals surface area contributed by atoms with Crippen molar-refractivity contribution in [1.29, 1.82) is 0 Å². The molecule has 1 aliphatic rings. The molecule has 6 heteroatoms. The van der Waals surface area contributed by atoms with E-state index in [4.69, 9.17) is 0 Å². The maximum atomic E-state index is 11.9. The van der Waals surface area contributed by atoms with Crippen molar-refractivity contribution in [3.8, 4) is 5.69 Å². The molecule has 1 aliphatic carbocycles. The van der Waals surface area contributed by atoms with Gasteiger partial charge in [-0.3, -0.25) is 4.79 Å². The van der Waals surface area contributed by atoms with Crippen molar-refractivity contribution in [2.45, 2.75) is 31.7 Å². The molecule has 6 nitrogen and oxygen atoms in total. The largest absolute Gasteiger partial charge is 0.325 e. The maximum Gasteiger partial charge on any atom is 0.238 e. The molecule has 0 atom stereocenters. The van der Waals surface area contributed by atoms with Crippen LogP contribution in [0, 0.1) is 0 Å². The second-order valence-corrected chi connectivity index (χ2v) is 5.30. The van der Waals surface area contributed by atoms with Crippen molar-refractivity contribution in [3.63, 3.8) is 0 Å². The van der Waals surface area contributed by atoms with Gasteiger partial charge in [-0.15, -0.1) is 0 Å². The molecule has 1 saturated carbocycles. The van der Waals surface area contributed by atoms with E-state index in [1.54, 1.807) is 11.0 Å². The van der Waals surface area contributed by atoms with Crippen molar-refractivity contribution in [2.24, 2.45) is 0 Å². The van der Waals surface area contributed by atoms with Crippen molar-refractivity contribution in [1.82, 2.24) is 20.1 Å². The van der Waals surface area contributed by atoms with Gasteiger partial charge in [-0.2, -0.15) is 5.10 Å². The minimum Gasteiger partial charge on any atom is -0.325 e. The van der Waals surface area contributed by atoms with Crippen molar-refractivity contribution >= 4 is 11.6 Å². The second-order valence-electron chi connectivity index (χ2n) is 5.30. The number of aromatic nitrogens is 3. The van der Waals surface area contributed by atoms with E-state index in [9.17, 15) is 4.79 Å². The standard InChI is InChI=1S/C15H19N5O/c21-15(9-17-12-3-1-2-4-12)19-13-5-7-14(8-6-13)20-11-16-10-18-20/h5-8,10-12,17H,1-4,9H2,(H,19,21). The molecule has 0 bridgehead atoms. The van der Waals surface area contributed by atoms with Gasteiger partial charge in [0.25, 0.3) is 0 Å². The van der Waals surface area contributed by atoms with Gasteiger partial charge in [0.1, 0.15) is 12.7 Å². The Morgan fingerprint density at radius 2 is 2.00 bits per heavy atom. The number of benzene rings is 1. The summed E-state index contributed by atoms with van der Waals surface area (Å²) in [6.45, 7) is 0.371. The first-order valence-electron chi connectivity index (χ1n) is 7.29. The molecule has 2 N–H and O–H groups in total. The molecular weight excluding hydrogens is 266 g/mol. The van der Waals surface area contributed by atoms with Gasteiger partial charge in [-0.05, 0) is 37.1 Å². The van der Waals surface area contributed by atoms with E-state index in [2.05, 4.69) is 20.7 Å². The molecule has 0 spiro atoms. The highest BCUT2D eigenvalue weighted by Gasteiger charge is 2.15. The monoisotopic (exact) mass is 285 g/mol. The van der Waals surface area contributed by atoms with Gasteiger partial charge in [0.05, 0.1) is 12.2 Å². The number of hydrogen-bond acceptors (Lipinski definition) is 4. The lowest BCUT2D eigenvalue weighted by Crippen LogP contribution is -2.34. The molecule has 3 rings (SSSR count). The molecule has 110 valence electrons. The fourth-order valence-electron chi connectivity index (χ4n) is 2.61. The van der Waals surface area contributed by atoms with Crippen LogP contribution in [-0.4, -0.2) is 33.3 Å². The minimum atomic E-state index is -0.00425. The maximum absolute atomic E-state index is 11.9. The fraction of sp³-hybridized carbons (Fsp3) is 0.400. The summed E-state index contributed by atoms with van der Waals surface area (Å²) in [7, 11) is 0. The van der Waals surface area contributed by atoms with Crippen LogP contribution in [0.1, 0.15) is 25.7 Å².